The Hall–Kier alpha value is -2.86. The Kier molecular flexibility index (Phi) is 7.17. The third kappa shape index (κ3) is 6.57. The number of rotatable bonds is 6. The maximum atomic E-state index is 11.9. The lowest BCUT2D eigenvalue weighted by atomic mass is 10.2. The number of carbonyl (C=O) groups excluding carboxylic acids is 1. The molecule has 0 aliphatic carbocycles. The van der Waals surface area contributed by atoms with Crippen molar-refractivity contribution in [1.82, 2.24) is 5.32 Å². The van der Waals surface area contributed by atoms with Gasteiger partial charge in [-0.1, -0.05) is 12.1 Å². The lowest BCUT2D eigenvalue weighted by Gasteiger charge is -2.11. The maximum Gasteiger partial charge on any atom is 0.250 e. The second-order valence-electron chi connectivity index (χ2n) is 5.74. The van der Waals surface area contributed by atoms with Gasteiger partial charge in [0.1, 0.15) is 11.5 Å². The SMILES string of the molecule is COc1ccc(/C=C/C(=O)NC(=S)Nc2ccc(OC(C)C)cc2)cc1. The van der Waals surface area contributed by atoms with E-state index in [1.807, 2.05) is 62.4 Å². The Morgan fingerprint density at radius 1 is 1.04 bits per heavy atom. The molecule has 2 rings (SSSR count). The molecule has 0 aliphatic heterocycles. The number of hydrogen-bond acceptors (Lipinski definition) is 4. The maximum absolute atomic E-state index is 11.9. The van der Waals surface area contributed by atoms with E-state index in [1.54, 1.807) is 13.2 Å². The largest absolute Gasteiger partial charge is 0.497 e. The molecular weight excluding hydrogens is 348 g/mol. The van der Waals surface area contributed by atoms with Crippen molar-refractivity contribution >= 4 is 35.0 Å². The summed E-state index contributed by atoms with van der Waals surface area (Å²) in [6.45, 7) is 3.94. The molecule has 0 atom stereocenters. The zero-order valence-electron chi connectivity index (χ0n) is 15.0. The Labute approximate surface area is 159 Å². The molecule has 5 nitrogen and oxygen atoms in total. The monoisotopic (exact) mass is 370 g/mol. The lowest BCUT2D eigenvalue weighted by molar-refractivity contribution is -0.115. The highest BCUT2D eigenvalue weighted by atomic mass is 32.1. The van der Waals surface area contributed by atoms with E-state index in [2.05, 4.69) is 10.6 Å². The van der Waals surface area contributed by atoms with Gasteiger partial charge >= 0.3 is 0 Å². The molecule has 0 aromatic heterocycles. The van der Waals surface area contributed by atoms with Gasteiger partial charge in [0.15, 0.2) is 5.11 Å². The molecule has 1 amide bonds. The van der Waals surface area contributed by atoms with Crippen LogP contribution in [-0.2, 0) is 4.79 Å². The van der Waals surface area contributed by atoms with Crippen LogP contribution in [0.4, 0.5) is 5.69 Å². The summed E-state index contributed by atoms with van der Waals surface area (Å²) in [5, 5.41) is 5.80. The summed E-state index contributed by atoms with van der Waals surface area (Å²) in [5.74, 6) is 1.24. The Balaban J connectivity index is 1.84. The topological polar surface area (TPSA) is 59.6 Å². The standard InChI is InChI=1S/C20H22N2O3S/c1-14(2)25-18-11-7-16(8-12-18)21-20(26)22-19(23)13-6-15-4-9-17(24-3)10-5-15/h4-14H,1-3H3,(H2,21,22,23,26)/b13-6+. The van der Waals surface area contributed by atoms with Gasteiger partial charge in [0.05, 0.1) is 13.2 Å². The number of carbonyl (C=O) groups is 1. The van der Waals surface area contributed by atoms with E-state index in [0.717, 1.165) is 22.7 Å². The van der Waals surface area contributed by atoms with Crippen molar-refractivity contribution in [2.75, 3.05) is 12.4 Å². The summed E-state index contributed by atoms with van der Waals surface area (Å²) < 4.78 is 10.7. The summed E-state index contributed by atoms with van der Waals surface area (Å²) >= 11 is 5.15. The number of anilines is 1. The Morgan fingerprint density at radius 2 is 1.65 bits per heavy atom. The van der Waals surface area contributed by atoms with Gasteiger partial charge in [0, 0.05) is 11.8 Å². The fourth-order valence-corrected chi connectivity index (χ4v) is 2.31. The van der Waals surface area contributed by atoms with Crippen molar-refractivity contribution in [2.45, 2.75) is 20.0 Å². The van der Waals surface area contributed by atoms with Gasteiger partial charge in [-0.05, 0) is 74.1 Å². The molecule has 0 saturated carbocycles. The van der Waals surface area contributed by atoms with E-state index in [1.165, 1.54) is 6.08 Å². The fraction of sp³-hybridized carbons (Fsp3) is 0.200. The van der Waals surface area contributed by atoms with Crippen molar-refractivity contribution in [1.29, 1.82) is 0 Å². The first-order valence-corrected chi connectivity index (χ1v) is 8.58. The summed E-state index contributed by atoms with van der Waals surface area (Å²) in [6.07, 6.45) is 3.25. The summed E-state index contributed by atoms with van der Waals surface area (Å²) in [5.41, 5.74) is 1.66. The van der Waals surface area contributed by atoms with Crippen molar-refractivity contribution < 1.29 is 14.3 Å². The molecule has 0 saturated heterocycles. The van der Waals surface area contributed by atoms with Gasteiger partial charge in [0.25, 0.3) is 0 Å². The van der Waals surface area contributed by atoms with Crippen LogP contribution in [0.3, 0.4) is 0 Å². The number of methoxy groups -OCH3 is 1. The van der Waals surface area contributed by atoms with Crippen LogP contribution in [0.25, 0.3) is 6.08 Å². The van der Waals surface area contributed by atoms with Crippen molar-refractivity contribution in [3.8, 4) is 11.5 Å². The quantitative estimate of drug-likeness (QED) is 0.594. The first-order valence-electron chi connectivity index (χ1n) is 8.17. The highest BCUT2D eigenvalue weighted by Gasteiger charge is 2.03. The van der Waals surface area contributed by atoms with Gasteiger partial charge in [0.2, 0.25) is 5.91 Å². The van der Waals surface area contributed by atoms with Crippen LogP contribution in [0.2, 0.25) is 0 Å². The molecule has 0 heterocycles. The molecule has 0 spiro atoms. The molecule has 0 radical (unpaired) electrons. The van der Waals surface area contributed by atoms with Crippen molar-refractivity contribution in [3.05, 3.63) is 60.2 Å². The number of thiocarbonyl (C=S) groups is 1. The summed E-state index contributed by atoms with van der Waals surface area (Å²) in [7, 11) is 1.61. The van der Waals surface area contributed by atoms with Crippen LogP contribution in [0, 0.1) is 0 Å². The predicted molar refractivity (Wildman–Crippen MR) is 109 cm³/mol. The molecule has 2 N–H and O–H groups in total. The van der Waals surface area contributed by atoms with Crippen LogP contribution in [0.15, 0.2) is 54.6 Å². The molecule has 0 aliphatic rings. The second-order valence-corrected chi connectivity index (χ2v) is 6.15. The average molecular weight is 370 g/mol. The van der Waals surface area contributed by atoms with Crippen LogP contribution in [0.5, 0.6) is 11.5 Å². The zero-order chi connectivity index (χ0) is 18.9. The molecule has 0 fully saturated rings. The first kappa shape index (κ1) is 19.5. The Morgan fingerprint density at radius 3 is 2.23 bits per heavy atom. The molecule has 2 aromatic carbocycles. The summed E-state index contributed by atoms with van der Waals surface area (Å²) in [6, 6.07) is 14.7. The van der Waals surface area contributed by atoms with E-state index in [9.17, 15) is 4.79 Å². The van der Waals surface area contributed by atoms with Gasteiger partial charge in [-0.2, -0.15) is 0 Å². The lowest BCUT2D eigenvalue weighted by Crippen LogP contribution is -2.32. The predicted octanol–water partition coefficient (Wildman–Crippen LogP) is 4.01. The summed E-state index contributed by atoms with van der Waals surface area (Å²) in [4.78, 5) is 11.9. The van der Waals surface area contributed by atoms with E-state index in [0.29, 0.717) is 0 Å². The number of ether oxygens (including phenoxy) is 2. The van der Waals surface area contributed by atoms with E-state index in [-0.39, 0.29) is 17.1 Å². The fourth-order valence-electron chi connectivity index (χ4n) is 2.09. The first-order chi connectivity index (χ1) is 12.5. The smallest absolute Gasteiger partial charge is 0.250 e. The third-order valence-electron chi connectivity index (χ3n) is 3.26. The molecule has 0 bridgehead atoms. The number of benzene rings is 2. The molecule has 26 heavy (non-hydrogen) atoms. The molecule has 2 aromatic rings. The minimum atomic E-state index is -0.307. The highest BCUT2D eigenvalue weighted by molar-refractivity contribution is 7.80. The number of amides is 1. The third-order valence-corrected chi connectivity index (χ3v) is 3.47. The number of hydrogen-bond donors (Lipinski definition) is 2. The molecule has 6 heteroatoms. The van der Waals surface area contributed by atoms with Gasteiger partial charge in [-0.15, -0.1) is 0 Å². The van der Waals surface area contributed by atoms with E-state index >= 15 is 0 Å². The van der Waals surface area contributed by atoms with Gasteiger partial charge in [-0.25, -0.2) is 0 Å². The van der Waals surface area contributed by atoms with Crippen LogP contribution < -0.4 is 20.1 Å². The van der Waals surface area contributed by atoms with Crippen LogP contribution in [-0.4, -0.2) is 24.2 Å². The van der Waals surface area contributed by atoms with Crippen LogP contribution >= 0.6 is 12.2 Å². The van der Waals surface area contributed by atoms with E-state index < -0.39 is 0 Å². The molecule has 136 valence electrons. The second kappa shape index (κ2) is 9.58. The van der Waals surface area contributed by atoms with Crippen molar-refractivity contribution in [2.24, 2.45) is 0 Å². The normalized spacial score (nSPS) is 10.6. The zero-order valence-corrected chi connectivity index (χ0v) is 15.8. The van der Waals surface area contributed by atoms with Gasteiger partial charge < -0.3 is 14.8 Å². The van der Waals surface area contributed by atoms with Crippen molar-refractivity contribution in [3.63, 3.8) is 0 Å². The van der Waals surface area contributed by atoms with Crippen LogP contribution in [0.1, 0.15) is 19.4 Å². The minimum absolute atomic E-state index is 0.117. The average Bonchev–Trinajstić information content (AvgIpc) is 2.61. The van der Waals surface area contributed by atoms with Gasteiger partial charge in [-0.3, -0.25) is 10.1 Å². The molecule has 0 unspecified atom stereocenters. The highest BCUT2D eigenvalue weighted by Crippen LogP contribution is 2.17. The molecular formula is C20H22N2O3S. The minimum Gasteiger partial charge on any atom is -0.497 e. The Bertz CT molecular complexity index is 769. The number of nitrogens with one attached hydrogen (secondary N) is 2. The van der Waals surface area contributed by atoms with E-state index in [4.69, 9.17) is 21.7 Å².